The van der Waals surface area contributed by atoms with Crippen LogP contribution < -0.4 is 0 Å². The molecule has 1 N–H and O–H groups in total. The van der Waals surface area contributed by atoms with Crippen LogP contribution >= 0.6 is 23.5 Å². The van der Waals surface area contributed by atoms with E-state index >= 15 is 0 Å². The molecule has 34 heavy (non-hydrogen) atoms. The summed E-state index contributed by atoms with van der Waals surface area (Å²) in [7, 11) is 0. The summed E-state index contributed by atoms with van der Waals surface area (Å²) in [5, 5.41) is 7.15. The van der Waals surface area contributed by atoms with E-state index in [0.29, 0.717) is 11.8 Å². The van der Waals surface area contributed by atoms with Gasteiger partial charge in [-0.15, -0.1) is 11.8 Å². The third-order valence-electron chi connectivity index (χ3n) is 5.09. The Kier molecular flexibility index (Phi) is 8.09. The summed E-state index contributed by atoms with van der Waals surface area (Å²) in [4.78, 5) is 50.9. The lowest BCUT2D eigenvalue weighted by Crippen LogP contribution is -2.44. The Hall–Kier alpha value is -2.79. The Bertz CT molecular complexity index is 1090. The minimum Gasteiger partial charge on any atom is -0.480 e. The van der Waals surface area contributed by atoms with Crippen LogP contribution in [0.5, 0.6) is 0 Å². The van der Waals surface area contributed by atoms with Crippen LogP contribution in [0.4, 0.5) is 13.2 Å². The SMILES string of the molecule is CC(=O)SC(CC(=O)N1C(c2cccc(C(F)(F)F)c2)SC[C@H]1C(=O)O)C(=O)c1ccccc1. The van der Waals surface area contributed by atoms with Gasteiger partial charge in [-0.2, -0.15) is 13.2 Å². The fourth-order valence-electron chi connectivity index (χ4n) is 3.57. The standard InChI is InChI=1S/C23H20F3NO5S2/c1-13(28)34-18(20(30)14-6-3-2-4-7-14)11-19(29)27-17(22(31)32)12-33-21(27)15-8-5-9-16(10-15)23(24,25)26/h2-10,17-18,21H,11-12H2,1H3,(H,31,32)/t17-,18?,21?/m0/s1. The molecule has 1 amide bonds. The lowest BCUT2D eigenvalue weighted by atomic mass is 10.0. The van der Waals surface area contributed by atoms with Crippen LogP contribution in [0.25, 0.3) is 0 Å². The first-order valence-corrected chi connectivity index (χ1v) is 12.0. The number of hydrogen-bond donors (Lipinski definition) is 1. The Balaban J connectivity index is 1.92. The Morgan fingerprint density at radius 1 is 1.12 bits per heavy atom. The average Bonchev–Trinajstić information content (AvgIpc) is 3.24. The lowest BCUT2D eigenvalue weighted by Gasteiger charge is -2.29. The molecule has 0 bridgehead atoms. The third kappa shape index (κ3) is 6.01. The van der Waals surface area contributed by atoms with Gasteiger partial charge in [0.15, 0.2) is 10.9 Å². The molecule has 2 aromatic rings. The summed E-state index contributed by atoms with van der Waals surface area (Å²) in [5.74, 6) is -2.54. The molecule has 1 aliphatic heterocycles. The van der Waals surface area contributed by atoms with Crippen molar-refractivity contribution >= 4 is 46.3 Å². The van der Waals surface area contributed by atoms with Gasteiger partial charge < -0.3 is 10.0 Å². The van der Waals surface area contributed by atoms with Gasteiger partial charge in [0.1, 0.15) is 11.4 Å². The molecule has 1 saturated heterocycles. The van der Waals surface area contributed by atoms with Crippen molar-refractivity contribution in [1.82, 2.24) is 4.90 Å². The van der Waals surface area contributed by atoms with Gasteiger partial charge in [0.25, 0.3) is 0 Å². The molecule has 0 saturated carbocycles. The number of carboxylic acids is 1. The highest BCUT2D eigenvalue weighted by Gasteiger charge is 2.44. The molecule has 0 radical (unpaired) electrons. The van der Waals surface area contributed by atoms with Crippen molar-refractivity contribution in [3.05, 3.63) is 71.3 Å². The van der Waals surface area contributed by atoms with Crippen molar-refractivity contribution in [1.29, 1.82) is 0 Å². The number of benzene rings is 2. The first-order chi connectivity index (χ1) is 16.0. The predicted octanol–water partition coefficient (Wildman–Crippen LogP) is 4.65. The van der Waals surface area contributed by atoms with Crippen molar-refractivity contribution in [2.75, 3.05) is 5.75 Å². The summed E-state index contributed by atoms with van der Waals surface area (Å²) >= 11 is 1.69. The van der Waals surface area contributed by atoms with Crippen LogP contribution in [0.2, 0.25) is 0 Å². The number of carbonyl (C=O) groups is 4. The number of rotatable bonds is 7. The number of carboxylic acid groups (broad SMARTS) is 1. The fourth-order valence-corrected chi connectivity index (χ4v) is 5.87. The minimum atomic E-state index is -4.61. The van der Waals surface area contributed by atoms with Gasteiger partial charge in [-0.1, -0.05) is 54.2 Å². The number of Topliss-reactive ketones (excluding diaryl/α,β-unsaturated/α-hetero) is 1. The summed E-state index contributed by atoms with van der Waals surface area (Å²) < 4.78 is 39.6. The number of alkyl halides is 3. The molecule has 3 rings (SSSR count). The van der Waals surface area contributed by atoms with E-state index in [2.05, 4.69) is 0 Å². The summed E-state index contributed by atoms with van der Waals surface area (Å²) in [6.07, 6.45) is -5.08. The predicted molar refractivity (Wildman–Crippen MR) is 122 cm³/mol. The van der Waals surface area contributed by atoms with Gasteiger partial charge in [0.2, 0.25) is 5.91 Å². The second kappa shape index (κ2) is 10.6. The van der Waals surface area contributed by atoms with Crippen LogP contribution in [0.15, 0.2) is 54.6 Å². The second-order valence-corrected chi connectivity index (χ2v) is 9.99. The molecule has 0 aliphatic carbocycles. The van der Waals surface area contributed by atoms with E-state index < -0.39 is 57.6 Å². The van der Waals surface area contributed by atoms with Gasteiger partial charge in [-0.05, 0) is 17.7 Å². The van der Waals surface area contributed by atoms with Gasteiger partial charge in [0, 0.05) is 24.7 Å². The first-order valence-electron chi connectivity index (χ1n) is 10.1. The second-order valence-electron chi connectivity index (χ2n) is 7.50. The molecule has 11 heteroatoms. The van der Waals surface area contributed by atoms with Crippen molar-refractivity contribution in [2.45, 2.75) is 36.2 Å². The summed E-state index contributed by atoms with van der Waals surface area (Å²) in [5.41, 5.74) is -0.503. The van der Waals surface area contributed by atoms with Crippen molar-refractivity contribution in [3.63, 3.8) is 0 Å². The number of nitrogens with zero attached hydrogens (tertiary/aromatic N) is 1. The summed E-state index contributed by atoms with van der Waals surface area (Å²) in [6, 6.07) is 11.1. The Morgan fingerprint density at radius 3 is 2.38 bits per heavy atom. The third-order valence-corrected chi connectivity index (χ3v) is 7.41. The van der Waals surface area contributed by atoms with E-state index in [0.717, 1.165) is 28.8 Å². The smallest absolute Gasteiger partial charge is 0.416 e. The number of halogens is 3. The van der Waals surface area contributed by atoms with Crippen molar-refractivity contribution in [2.24, 2.45) is 0 Å². The van der Waals surface area contributed by atoms with Crippen LogP contribution in [0.1, 0.15) is 40.2 Å². The normalized spacial score (nSPS) is 19.0. The van der Waals surface area contributed by atoms with E-state index in [1.807, 2.05) is 0 Å². The highest BCUT2D eigenvalue weighted by molar-refractivity contribution is 8.14. The zero-order valence-corrected chi connectivity index (χ0v) is 19.5. The summed E-state index contributed by atoms with van der Waals surface area (Å²) in [6.45, 7) is 1.25. The maximum Gasteiger partial charge on any atom is 0.416 e. The molecule has 3 atom stereocenters. The molecule has 2 aromatic carbocycles. The molecular formula is C23H20F3NO5S2. The van der Waals surface area contributed by atoms with Gasteiger partial charge >= 0.3 is 12.1 Å². The quantitative estimate of drug-likeness (QED) is 0.541. The Morgan fingerprint density at radius 2 is 1.79 bits per heavy atom. The topological polar surface area (TPSA) is 91.8 Å². The van der Waals surface area contributed by atoms with Crippen molar-refractivity contribution < 1.29 is 37.5 Å². The van der Waals surface area contributed by atoms with Crippen molar-refractivity contribution in [3.8, 4) is 0 Å². The number of hydrogen-bond acceptors (Lipinski definition) is 6. The molecule has 2 unspecified atom stereocenters. The Labute approximate surface area is 201 Å². The van der Waals surface area contributed by atoms with Gasteiger partial charge in [-0.3, -0.25) is 14.4 Å². The van der Waals surface area contributed by atoms with Gasteiger partial charge in [0.05, 0.1) is 10.8 Å². The monoisotopic (exact) mass is 511 g/mol. The van der Waals surface area contributed by atoms with E-state index in [4.69, 9.17) is 0 Å². The number of aliphatic carboxylic acids is 1. The molecule has 1 fully saturated rings. The zero-order valence-electron chi connectivity index (χ0n) is 17.8. The van der Waals surface area contributed by atoms with Gasteiger partial charge in [-0.25, -0.2) is 4.79 Å². The van der Waals surface area contributed by atoms with E-state index in [9.17, 15) is 37.5 Å². The number of amides is 1. The maximum atomic E-state index is 13.3. The number of thioether (sulfide) groups is 2. The number of carbonyl (C=O) groups excluding carboxylic acids is 3. The molecule has 1 heterocycles. The highest BCUT2D eigenvalue weighted by Crippen LogP contribution is 2.43. The first kappa shape index (κ1) is 25.8. The largest absolute Gasteiger partial charge is 0.480 e. The molecule has 0 spiro atoms. The number of ketones is 1. The van der Waals surface area contributed by atoms with E-state index in [1.54, 1.807) is 18.2 Å². The highest BCUT2D eigenvalue weighted by atomic mass is 32.2. The van der Waals surface area contributed by atoms with E-state index in [1.165, 1.54) is 31.2 Å². The molecule has 180 valence electrons. The molecule has 1 aliphatic rings. The van der Waals surface area contributed by atoms with Crippen LogP contribution in [0, 0.1) is 0 Å². The maximum absolute atomic E-state index is 13.3. The zero-order chi connectivity index (χ0) is 25.0. The lowest BCUT2D eigenvalue weighted by molar-refractivity contribution is -0.149. The molecular weight excluding hydrogens is 491 g/mol. The minimum absolute atomic E-state index is 0.0286. The average molecular weight is 512 g/mol. The molecule has 0 aromatic heterocycles. The van der Waals surface area contributed by atoms with E-state index in [-0.39, 0.29) is 16.9 Å². The fraction of sp³-hybridized carbons (Fsp3) is 0.304. The van der Waals surface area contributed by atoms with Crippen LogP contribution in [-0.2, 0) is 20.6 Å². The van der Waals surface area contributed by atoms with Crippen LogP contribution in [-0.4, -0.2) is 49.8 Å². The molecule has 6 nitrogen and oxygen atoms in total. The van der Waals surface area contributed by atoms with Crippen LogP contribution in [0.3, 0.4) is 0 Å².